The largest absolute Gasteiger partial charge is 0.329 e. The van der Waals surface area contributed by atoms with Gasteiger partial charge >= 0.3 is 0 Å². The van der Waals surface area contributed by atoms with E-state index in [1.54, 1.807) is 18.0 Å². The first-order chi connectivity index (χ1) is 7.22. The van der Waals surface area contributed by atoms with Gasteiger partial charge in [0.15, 0.2) is 10.4 Å². The average Bonchev–Trinajstić information content (AvgIpc) is 2.50. The summed E-state index contributed by atoms with van der Waals surface area (Å²) in [6.45, 7) is 0.897. The molecule has 0 unspecified atom stereocenters. The van der Waals surface area contributed by atoms with E-state index in [9.17, 15) is 0 Å². The molecule has 2 heterocycles. The molecular weight excluding hydrogens is 294 g/mol. The highest BCUT2D eigenvalue weighted by Gasteiger charge is 2.05. The number of nitrogens with zero attached hydrogens (tertiary/aromatic N) is 2. The molecule has 1 N–H and O–H groups in total. The van der Waals surface area contributed by atoms with Gasteiger partial charge in [-0.05, 0) is 40.5 Å². The zero-order chi connectivity index (χ0) is 10.8. The molecule has 0 saturated carbocycles. The lowest BCUT2D eigenvalue weighted by atomic mass is 10.4. The Hall–Kier alpha value is -0.330. The van der Waals surface area contributed by atoms with E-state index in [2.05, 4.69) is 32.2 Å². The van der Waals surface area contributed by atoms with Gasteiger partial charge in [-0.2, -0.15) is 11.8 Å². The first kappa shape index (κ1) is 11.2. The number of nitrogens with one attached hydrogen (secondary N) is 1. The van der Waals surface area contributed by atoms with Crippen molar-refractivity contribution in [2.75, 3.05) is 12.0 Å². The van der Waals surface area contributed by atoms with Crippen LogP contribution in [0.3, 0.4) is 0 Å². The van der Waals surface area contributed by atoms with E-state index in [-0.39, 0.29) is 0 Å². The number of aromatic nitrogens is 3. The number of imidazole rings is 1. The molecule has 80 valence electrons. The van der Waals surface area contributed by atoms with Gasteiger partial charge in [-0.15, -0.1) is 0 Å². The van der Waals surface area contributed by atoms with Crippen LogP contribution in [0.15, 0.2) is 16.7 Å². The minimum Gasteiger partial charge on any atom is -0.329 e. The molecule has 15 heavy (non-hydrogen) atoms. The summed E-state index contributed by atoms with van der Waals surface area (Å²) in [5.41, 5.74) is 1.91. The number of fused-ring (bicyclic) bond motifs is 1. The van der Waals surface area contributed by atoms with Crippen LogP contribution >= 0.6 is 39.9 Å². The summed E-state index contributed by atoms with van der Waals surface area (Å²) in [6.07, 6.45) is 3.88. The van der Waals surface area contributed by atoms with Crippen molar-refractivity contribution in [3.63, 3.8) is 0 Å². The van der Waals surface area contributed by atoms with Gasteiger partial charge in [-0.1, -0.05) is 0 Å². The number of rotatable bonds is 3. The topological polar surface area (TPSA) is 33.6 Å². The molecule has 0 atom stereocenters. The van der Waals surface area contributed by atoms with E-state index in [1.165, 1.54) is 0 Å². The Bertz CT molecular complexity index is 532. The Balaban J connectivity index is 2.53. The second-order valence-corrected chi connectivity index (χ2v) is 5.39. The fourth-order valence-electron chi connectivity index (χ4n) is 1.41. The normalized spacial score (nSPS) is 11.1. The van der Waals surface area contributed by atoms with Gasteiger partial charge in [0, 0.05) is 23.0 Å². The molecular formula is C9H10BrN3S2. The van der Waals surface area contributed by atoms with Crippen LogP contribution < -0.4 is 0 Å². The van der Waals surface area contributed by atoms with Crippen molar-refractivity contribution in [3.05, 3.63) is 21.5 Å². The van der Waals surface area contributed by atoms with Crippen LogP contribution in [0.1, 0.15) is 0 Å². The van der Waals surface area contributed by atoms with Crippen molar-refractivity contribution in [1.29, 1.82) is 0 Å². The van der Waals surface area contributed by atoms with Crippen molar-refractivity contribution < 1.29 is 0 Å². The maximum atomic E-state index is 5.25. The molecule has 0 aliphatic carbocycles. The average molecular weight is 304 g/mol. The number of hydrogen-bond acceptors (Lipinski definition) is 3. The smallest absolute Gasteiger partial charge is 0.179 e. The van der Waals surface area contributed by atoms with Crippen LogP contribution in [0.2, 0.25) is 0 Å². The van der Waals surface area contributed by atoms with E-state index in [0.717, 1.165) is 32.7 Å². The van der Waals surface area contributed by atoms with Crippen LogP contribution in [0.4, 0.5) is 0 Å². The van der Waals surface area contributed by atoms with Crippen LogP contribution in [0.25, 0.3) is 11.2 Å². The summed E-state index contributed by atoms with van der Waals surface area (Å²) in [5, 5.41) is 0. The van der Waals surface area contributed by atoms with Crippen LogP contribution in [-0.4, -0.2) is 26.5 Å². The lowest BCUT2D eigenvalue weighted by Crippen LogP contribution is -2.00. The summed E-state index contributed by atoms with van der Waals surface area (Å²) < 4.78 is 3.74. The molecule has 0 bridgehead atoms. The van der Waals surface area contributed by atoms with Crippen molar-refractivity contribution in [2.45, 2.75) is 6.54 Å². The minimum absolute atomic E-state index is 0.740. The number of aromatic amines is 1. The van der Waals surface area contributed by atoms with E-state index in [0.29, 0.717) is 0 Å². The van der Waals surface area contributed by atoms with E-state index in [4.69, 9.17) is 12.2 Å². The van der Waals surface area contributed by atoms with E-state index in [1.807, 2.05) is 10.6 Å². The summed E-state index contributed by atoms with van der Waals surface area (Å²) >= 11 is 10.4. The van der Waals surface area contributed by atoms with Crippen molar-refractivity contribution in [1.82, 2.24) is 14.5 Å². The molecule has 0 spiro atoms. The zero-order valence-electron chi connectivity index (χ0n) is 8.16. The number of pyridine rings is 1. The quantitative estimate of drug-likeness (QED) is 0.884. The molecule has 6 heteroatoms. The molecule has 2 aromatic rings. The highest BCUT2D eigenvalue weighted by Crippen LogP contribution is 2.17. The Kier molecular flexibility index (Phi) is 3.48. The van der Waals surface area contributed by atoms with Crippen LogP contribution in [-0.2, 0) is 6.54 Å². The standard InChI is InChI=1S/C9H10BrN3S2/c1-15-3-2-13-8-7(12-9(13)14)4-6(10)5-11-8/h4-5H,2-3H2,1H3,(H,12,14). The van der Waals surface area contributed by atoms with Crippen molar-refractivity contribution in [2.24, 2.45) is 0 Å². The molecule has 0 radical (unpaired) electrons. The lowest BCUT2D eigenvalue weighted by molar-refractivity contribution is 0.775. The fourth-order valence-corrected chi connectivity index (χ4v) is 2.39. The van der Waals surface area contributed by atoms with E-state index < -0.39 is 0 Å². The lowest BCUT2D eigenvalue weighted by Gasteiger charge is -2.01. The third kappa shape index (κ3) is 2.26. The maximum Gasteiger partial charge on any atom is 0.179 e. The number of H-pyrrole nitrogens is 1. The Morgan fingerprint density at radius 2 is 2.47 bits per heavy atom. The van der Waals surface area contributed by atoms with Crippen molar-refractivity contribution >= 4 is 51.1 Å². The molecule has 2 aromatic heterocycles. The van der Waals surface area contributed by atoms with Gasteiger partial charge in [0.2, 0.25) is 0 Å². The molecule has 0 fully saturated rings. The Morgan fingerprint density at radius 1 is 1.67 bits per heavy atom. The first-order valence-electron chi connectivity index (χ1n) is 4.45. The highest BCUT2D eigenvalue weighted by molar-refractivity contribution is 9.10. The molecule has 3 nitrogen and oxygen atoms in total. The molecule has 0 aliphatic rings. The molecule has 0 aromatic carbocycles. The number of aryl methyl sites for hydroxylation is 1. The molecule has 0 amide bonds. The van der Waals surface area contributed by atoms with Gasteiger partial charge in [0.1, 0.15) is 0 Å². The monoisotopic (exact) mass is 303 g/mol. The maximum absolute atomic E-state index is 5.25. The minimum atomic E-state index is 0.740. The van der Waals surface area contributed by atoms with Crippen molar-refractivity contribution in [3.8, 4) is 0 Å². The van der Waals surface area contributed by atoms with Gasteiger partial charge in [0.25, 0.3) is 0 Å². The fraction of sp³-hybridized carbons (Fsp3) is 0.333. The second kappa shape index (κ2) is 4.67. The summed E-state index contributed by atoms with van der Waals surface area (Å²) in [7, 11) is 0. The summed E-state index contributed by atoms with van der Waals surface area (Å²) in [5.74, 6) is 1.04. The third-order valence-electron chi connectivity index (χ3n) is 2.09. The predicted molar refractivity (Wildman–Crippen MR) is 71.0 cm³/mol. The van der Waals surface area contributed by atoms with E-state index >= 15 is 0 Å². The summed E-state index contributed by atoms with van der Waals surface area (Å²) in [6, 6.07) is 1.99. The third-order valence-corrected chi connectivity index (χ3v) is 3.44. The molecule has 0 aliphatic heterocycles. The predicted octanol–water partition coefficient (Wildman–Crippen LogP) is 3.22. The Morgan fingerprint density at radius 3 is 3.20 bits per heavy atom. The number of hydrogen-bond donors (Lipinski definition) is 1. The second-order valence-electron chi connectivity index (χ2n) is 3.10. The Labute approximate surface area is 105 Å². The highest BCUT2D eigenvalue weighted by atomic mass is 79.9. The van der Waals surface area contributed by atoms with Gasteiger partial charge in [-0.25, -0.2) is 4.98 Å². The van der Waals surface area contributed by atoms with Gasteiger partial charge in [0.05, 0.1) is 5.52 Å². The van der Waals surface area contributed by atoms with Crippen LogP contribution in [0, 0.1) is 4.77 Å². The number of halogens is 1. The SMILES string of the molecule is CSCCn1c(=S)[nH]c2cc(Br)cnc21. The summed E-state index contributed by atoms with van der Waals surface area (Å²) in [4.78, 5) is 7.52. The van der Waals surface area contributed by atoms with Crippen LogP contribution in [0.5, 0.6) is 0 Å². The van der Waals surface area contributed by atoms with Gasteiger partial charge in [-0.3, -0.25) is 0 Å². The first-order valence-corrected chi connectivity index (χ1v) is 7.05. The van der Waals surface area contributed by atoms with Gasteiger partial charge < -0.3 is 9.55 Å². The molecule has 0 saturated heterocycles. The number of thioether (sulfide) groups is 1. The molecule has 2 rings (SSSR count). The zero-order valence-corrected chi connectivity index (χ0v) is 11.4.